The molecule has 0 atom stereocenters. The van der Waals surface area contributed by atoms with E-state index in [0.717, 1.165) is 35.4 Å². The Hall–Kier alpha value is -2.91. The van der Waals surface area contributed by atoms with E-state index in [4.69, 9.17) is 4.74 Å². The van der Waals surface area contributed by atoms with Gasteiger partial charge in [0.25, 0.3) is 0 Å². The van der Waals surface area contributed by atoms with Crippen molar-refractivity contribution in [2.75, 3.05) is 20.2 Å². The Bertz CT molecular complexity index is 900. The first-order valence-electron chi connectivity index (χ1n) is 9.65. The number of benzene rings is 3. The van der Waals surface area contributed by atoms with E-state index in [9.17, 15) is 4.39 Å². The van der Waals surface area contributed by atoms with Crippen molar-refractivity contribution in [1.29, 1.82) is 0 Å². The maximum absolute atomic E-state index is 13.5. The smallest absolute Gasteiger partial charge is 0.123 e. The molecule has 0 aliphatic heterocycles. The second kappa shape index (κ2) is 9.86. The van der Waals surface area contributed by atoms with Crippen molar-refractivity contribution in [3.05, 3.63) is 101 Å². The summed E-state index contributed by atoms with van der Waals surface area (Å²) in [6.45, 7) is 3.58. The summed E-state index contributed by atoms with van der Waals surface area (Å²) in [4.78, 5) is 0. The van der Waals surface area contributed by atoms with E-state index in [1.807, 2.05) is 49.5 Å². The van der Waals surface area contributed by atoms with Crippen LogP contribution in [0.2, 0.25) is 0 Å². The average molecular weight is 375 g/mol. The molecule has 0 aromatic heterocycles. The zero-order chi connectivity index (χ0) is 19.8. The molecule has 3 heteroatoms. The van der Waals surface area contributed by atoms with Crippen LogP contribution in [0.4, 0.5) is 4.39 Å². The number of halogens is 1. The van der Waals surface area contributed by atoms with Gasteiger partial charge in [-0.3, -0.25) is 0 Å². The predicted molar refractivity (Wildman–Crippen MR) is 115 cm³/mol. The zero-order valence-electron chi connectivity index (χ0n) is 16.4. The third-order valence-corrected chi connectivity index (χ3v) is 4.67. The Balaban J connectivity index is 2.06. The van der Waals surface area contributed by atoms with Crippen LogP contribution in [-0.4, -0.2) is 20.2 Å². The van der Waals surface area contributed by atoms with Gasteiger partial charge in [0.1, 0.15) is 18.2 Å². The van der Waals surface area contributed by atoms with Crippen LogP contribution >= 0.6 is 0 Å². The van der Waals surface area contributed by atoms with Gasteiger partial charge in [0.15, 0.2) is 0 Å². The fraction of sp³-hybridized carbons (Fsp3) is 0.200. The molecule has 0 amide bonds. The van der Waals surface area contributed by atoms with Crippen LogP contribution in [0.3, 0.4) is 0 Å². The van der Waals surface area contributed by atoms with Crippen LogP contribution in [-0.2, 0) is 0 Å². The van der Waals surface area contributed by atoms with Crippen molar-refractivity contribution in [3.8, 4) is 5.75 Å². The molecule has 0 aliphatic rings. The van der Waals surface area contributed by atoms with Crippen molar-refractivity contribution in [2.45, 2.75) is 13.3 Å². The summed E-state index contributed by atoms with van der Waals surface area (Å²) in [6, 6.07) is 25.2. The summed E-state index contributed by atoms with van der Waals surface area (Å²) in [5, 5.41) is 3.07. The molecule has 28 heavy (non-hydrogen) atoms. The fourth-order valence-electron chi connectivity index (χ4n) is 3.29. The second-order valence-electron chi connectivity index (χ2n) is 6.56. The van der Waals surface area contributed by atoms with Gasteiger partial charge in [-0.1, -0.05) is 61.5 Å². The minimum Gasteiger partial charge on any atom is -0.492 e. The molecule has 1 N–H and O–H groups in total. The Labute approximate surface area is 166 Å². The van der Waals surface area contributed by atoms with Crippen LogP contribution in [0.1, 0.15) is 30.0 Å². The molecule has 0 saturated carbocycles. The van der Waals surface area contributed by atoms with Gasteiger partial charge in [0.2, 0.25) is 0 Å². The highest BCUT2D eigenvalue weighted by Crippen LogP contribution is 2.35. The van der Waals surface area contributed by atoms with Crippen LogP contribution in [0.5, 0.6) is 5.75 Å². The highest BCUT2D eigenvalue weighted by molar-refractivity contribution is 5.98. The van der Waals surface area contributed by atoms with E-state index in [1.165, 1.54) is 23.3 Å². The van der Waals surface area contributed by atoms with E-state index in [-0.39, 0.29) is 5.82 Å². The lowest BCUT2D eigenvalue weighted by molar-refractivity contribution is 0.318. The summed E-state index contributed by atoms with van der Waals surface area (Å²) < 4.78 is 19.3. The predicted octanol–water partition coefficient (Wildman–Crippen LogP) is 5.79. The molecule has 3 rings (SSSR count). The standard InChI is InChI=1S/C25H26FNO/c1-3-24(19-7-5-4-6-8-19)25(20-9-13-22(26)14-10-20)21-11-15-23(16-12-21)28-18-17-27-2/h4-16,27H,3,17-18H2,1-2H3. The van der Waals surface area contributed by atoms with Gasteiger partial charge in [-0.2, -0.15) is 0 Å². The number of allylic oxidation sites excluding steroid dienone is 1. The number of hydrogen-bond donors (Lipinski definition) is 1. The molecule has 0 fully saturated rings. The maximum Gasteiger partial charge on any atom is 0.123 e. The van der Waals surface area contributed by atoms with Crippen molar-refractivity contribution in [1.82, 2.24) is 5.32 Å². The minimum absolute atomic E-state index is 0.228. The molecular formula is C25H26FNO. The molecule has 2 nitrogen and oxygen atoms in total. The van der Waals surface area contributed by atoms with Crippen LogP contribution in [0, 0.1) is 5.82 Å². The molecule has 0 unspecified atom stereocenters. The van der Waals surface area contributed by atoms with E-state index >= 15 is 0 Å². The minimum atomic E-state index is -0.228. The summed E-state index contributed by atoms with van der Waals surface area (Å²) in [5.41, 5.74) is 5.63. The van der Waals surface area contributed by atoms with Crippen LogP contribution < -0.4 is 10.1 Å². The molecule has 0 saturated heterocycles. The van der Waals surface area contributed by atoms with E-state index < -0.39 is 0 Å². The largest absolute Gasteiger partial charge is 0.492 e. The molecular weight excluding hydrogens is 349 g/mol. The van der Waals surface area contributed by atoms with Crippen LogP contribution in [0.25, 0.3) is 11.1 Å². The van der Waals surface area contributed by atoms with Crippen molar-refractivity contribution in [3.63, 3.8) is 0 Å². The monoisotopic (exact) mass is 375 g/mol. The second-order valence-corrected chi connectivity index (χ2v) is 6.56. The molecule has 0 spiro atoms. The summed E-state index contributed by atoms with van der Waals surface area (Å²) in [6.07, 6.45) is 0.872. The molecule has 0 aliphatic carbocycles. The highest BCUT2D eigenvalue weighted by Gasteiger charge is 2.13. The lowest BCUT2D eigenvalue weighted by atomic mass is 9.88. The van der Waals surface area contributed by atoms with Gasteiger partial charge >= 0.3 is 0 Å². The summed E-state index contributed by atoms with van der Waals surface area (Å²) in [5.74, 6) is 0.615. The Morgan fingerprint density at radius 1 is 0.821 bits per heavy atom. The van der Waals surface area contributed by atoms with Gasteiger partial charge < -0.3 is 10.1 Å². The van der Waals surface area contributed by atoms with Crippen molar-refractivity contribution in [2.24, 2.45) is 0 Å². The highest BCUT2D eigenvalue weighted by atomic mass is 19.1. The molecule has 144 valence electrons. The number of ether oxygens (including phenoxy) is 1. The Morgan fingerprint density at radius 2 is 1.43 bits per heavy atom. The number of nitrogens with one attached hydrogen (secondary N) is 1. The van der Waals surface area contributed by atoms with Crippen molar-refractivity contribution < 1.29 is 9.13 Å². The Kier molecular flexibility index (Phi) is 6.99. The molecule has 0 heterocycles. The number of rotatable bonds is 8. The maximum atomic E-state index is 13.5. The first kappa shape index (κ1) is 19.8. The molecule has 0 bridgehead atoms. The normalized spacial score (nSPS) is 11.8. The fourth-order valence-corrected chi connectivity index (χ4v) is 3.29. The van der Waals surface area contributed by atoms with E-state index in [2.05, 4.69) is 36.5 Å². The Morgan fingerprint density at radius 3 is 2.00 bits per heavy atom. The third kappa shape index (κ3) is 4.87. The summed E-state index contributed by atoms with van der Waals surface area (Å²) >= 11 is 0. The average Bonchev–Trinajstić information content (AvgIpc) is 2.74. The van der Waals surface area contributed by atoms with Gasteiger partial charge in [-0.15, -0.1) is 0 Å². The van der Waals surface area contributed by atoms with Gasteiger partial charge in [0.05, 0.1) is 0 Å². The van der Waals surface area contributed by atoms with E-state index in [1.54, 1.807) is 0 Å². The van der Waals surface area contributed by atoms with Gasteiger partial charge in [-0.25, -0.2) is 4.39 Å². The quantitative estimate of drug-likeness (QED) is 0.397. The van der Waals surface area contributed by atoms with Crippen LogP contribution in [0.15, 0.2) is 78.9 Å². The topological polar surface area (TPSA) is 21.3 Å². The molecule has 3 aromatic carbocycles. The lowest BCUT2D eigenvalue weighted by Gasteiger charge is -2.17. The zero-order valence-corrected chi connectivity index (χ0v) is 16.4. The molecule has 0 radical (unpaired) electrons. The van der Waals surface area contributed by atoms with Gasteiger partial charge in [-0.05, 0) is 65.6 Å². The first-order chi connectivity index (χ1) is 13.7. The van der Waals surface area contributed by atoms with Gasteiger partial charge in [0, 0.05) is 6.54 Å². The third-order valence-electron chi connectivity index (χ3n) is 4.67. The van der Waals surface area contributed by atoms with Crippen molar-refractivity contribution >= 4 is 11.1 Å². The number of likely N-dealkylation sites (N-methyl/N-ethyl adjacent to an activating group) is 1. The number of hydrogen-bond acceptors (Lipinski definition) is 2. The lowest BCUT2D eigenvalue weighted by Crippen LogP contribution is -2.15. The van der Waals surface area contributed by atoms with E-state index in [0.29, 0.717) is 6.61 Å². The molecule has 3 aromatic rings. The SMILES string of the molecule is CCC(=C(c1ccc(F)cc1)c1ccc(OCCNC)cc1)c1ccccc1. The summed E-state index contributed by atoms with van der Waals surface area (Å²) in [7, 11) is 1.90. The first-order valence-corrected chi connectivity index (χ1v) is 9.65.